The number of aromatic nitrogens is 2. The van der Waals surface area contributed by atoms with E-state index in [1.54, 1.807) is 18.5 Å². The van der Waals surface area contributed by atoms with Crippen molar-refractivity contribution in [1.82, 2.24) is 20.4 Å². The molecule has 0 spiro atoms. The number of hydrogen-bond acceptors (Lipinski definition) is 5. The van der Waals surface area contributed by atoms with Crippen molar-refractivity contribution < 1.29 is 9.32 Å². The van der Waals surface area contributed by atoms with Crippen LogP contribution in [0.25, 0.3) is 11.3 Å². The lowest BCUT2D eigenvalue weighted by molar-refractivity contribution is 0.0632. The van der Waals surface area contributed by atoms with Crippen molar-refractivity contribution >= 4 is 5.91 Å². The highest BCUT2D eigenvalue weighted by Crippen LogP contribution is 2.22. The maximum Gasteiger partial charge on any atom is 0.276 e. The number of pyridine rings is 1. The van der Waals surface area contributed by atoms with Gasteiger partial charge in [-0.15, -0.1) is 0 Å². The summed E-state index contributed by atoms with van der Waals surface area (Å²) in [4.78, 5) is 18.8. The molecule has 2 aromatic heterocycles. The van der Waals surface area contributed by atoms with Crippen LogP contribution in [-0.4, -0.2) is 46.6 Å². The Balaban J connectivity index is 1.78. The summed E-state index contributed by atoms with van der Waals surface area (Å²) in [7, 11) is 0. The van der Waals surface area contributed by atoms with E-state index in [9.17, 15) is 4.79 Å². The molecule has 1 saturated heterocycles. The van der Waals surface area contributed by atoms with E-state index in [0.29, 0.717) is 11.5 Å². The molecule has 0 radical (unpaired) electrons. The van der Waals surface area contributed by atoms with Crippen LogP contribution in [0.3, 0.4) is 0 Å². The topological polar surface area (TPSA) is 71.3 Å². The molecule has 0 aliphatic carbocycles. The Labute approximate surface area is 135 Å². The van der Waals surface area contributed by atoms with Crippen molar-refractivity contribution in [3.05, 3.63) is 36.3 Å². The van der Waals surface area contributed by atoms with E-state index in [0.717, 1.165) is 44.5 Å². The Kier molecular flexibility index (Phi) is 5.02. The van der Waals surface area contributed by atoms with Gasteiger partial charge in [0.2, 0.25) is 0 Å². The van der Waals surface area contributed by atoms with Gasteiger partial charge < -0.3 is 14.7 Å². The molecular weight excluding hydrogens is 292 g/mol. The Morgan fingerprint density at radius 1 is 1.35 bits per heavy atom. The molecule has 1 aliphatic heterocycles. The molecular formula is C17H22N4O2. The molecule has 6 heteroatoms. The maximum absolute atomic E-state index is 12.8. The molecule has 0 atom stereocenters. The molecule has 1 N–H and O–H groups in total. The number of hydrogen-bond donors (Lipinski definition) is 1. The summed E-state index contributed by atoms with van der Waals surface area (Å²) < 4.78 is 5.35. The van der Waals surface area contributed by atoms with Gasteiger partial charge >= 0.3 is 0 Å². The van der Waals surface area contributed by atoms with Crippen LogP contribution in [0.4, 0.5) is 0 Å². The third kappa shape index (κ3) is 3.59. The Hall–Kier alpha value is -2.21. The number of carbonyl (C=O) groups is 1. The SMILES string of the molecule is CCCN(C(=O)c1cc(-c2ccncc2)on1)C1CCNCC1. The fourth-order valence-electron chi connectivity index (χ4n) is 2.98. The number of nitrogens with one attached hydrogen (secondary N) is 1. The van der Waals surface area contributed by atoms with E-state index in [4.69, 9.17) is 4.52 Å². The smallest absolute Gasteiger partial charge is 0.276 e. The highest BCUT2D eigenvalue weighted by atomic mass is 16.5. The fourth-order valence-corrected chi connectivity index (χ4v) is 2.98. The van der Waals surface area contributed by atoms with Crippen LogP contribution in [0.1, 0.15) is 36.7 Å². The Morgan fingerprint density at radius 3 is 2.78 bits per heavy atom. The monoisotopic (exact) mass is 314 g/mol. The lowest BCUT2D eigenvalue weighted by Gasteiger charge is -2.34. The third-order valence-corrected chi connectivity index (χ3v) is 4.17. The van der Waals surface area contributed by atoms with Crippen molar-refractivity contribution in [1.29, 1.82) is 0 Å². The first-order valence-corrected chi connectivity index (χ1v) is 8.18. The number of piperidine rings is 1. The highest BCUT2D eigenvalue weighted by molar-refractivity contribution is 5.93. The van der Waals surface area contributed by atoms with Crippen molar-refractivity contribution in [3.63, 3.8) is 0 Å². The van der Waals surface area contributed by atoms with Gasteiger partial charge in [0.25, 0.3) is 5.91 Å². The minimum absolute atomic E-state index is 0.0391. The summed E-state index contributed by atoms with van der Waals surface area (Å²) in [5.74, 6) is 0.556. The molecule has 0 unspecified atom stereocenters. The minimum Gasteiger partial charge on any atom is -0.355 e. The lowest BCUT2D eigenvalue weighted by Crippen LogP contribution is -2.46. The molecule has 2 aromatic rings. The van der Waals surface area contributed by atoms with Crippen molar-refractivity contribution in [3.8, 4) is 11.3 Å². The van der Waals surface area contributed by atoms with E-state index >= 15 is 0 Å². The summed E-state index contributed by atoms with van der Waals surface area (Å²) >= 11 is 0. The van der Waals surface area contributed by atoms with Crippen molar-refractivity contribution in [2.45, 2.75) is 32.2 Å². The molecule has 1 aliphatic rings. The van der Waals surface area contributed by atoms with Gasteiger partial charge in [-0.3, -0.25) is 9.78 Å². The quantitative estimate of drug-likeness (QED) is 0.917. The molecule has 0 aromatic carbocycles. The van der Waals surface area contributed by atoms with E-state index in [1.165, 1.54) is 0 Å². The van der Waals surface area contributed by atoms with Crippen molar-refractivity contribution in [2.75, 3.05) is 19.6 Å². The van der Waals surface area contributed by atoms with Gasteiger partial charge in [0, 0.05) is 36.6 Å². The van der Waals surface area contributed by atoms with Crippen LogP contribution in [0, 0.1) is 0 Å². The average Bonchev–Trinajstić information content (AvgIpc) is 3.11. The number of rotatable bonds is 5. The van der Waals surface area contributed by atoms with Crippen LogP contribution in [0.5, 0.6) is 0 Å². The zero-order valence-electron chi connectivity index (χ0n) is 13.4. The molecule has 0 saturated carbocycles. The average molecular weight is 314 g/mol. The third-order valence-electron chi connectivity index (χ3n) is 4.17. The molecule has 6 nitrogen and oxygen atoms in total. The largest absolute Gasteiger partial charge is 0.355 e. The van der Waals surface area contributed by atoms with E-state index < -0.39 is 0 Å². The molecule has 3 rings (SSSR count). The second-order valence-electron chi connectivity index (χ2n) is 5.79. The first-order valence-electron chi connectivity index (χ1n) is 8.18. The predicted molar refractivity (Wildman–Crippen MR) is 87.0 cm³/mol. The van der Waals surface area contributed by atoms with Gasteiger partial charge in [-0.1, -0.05) is 12.1 Å². The number of carbonyl (C=O) groups excluding carboxylic acids is 1. The normalized spacial score (nSPS) is 15.5. The summed E-state index contributed by atoms with van der Waals surface area (Å²) in [5, 5.41) is 7.33. The molecule has 0 bridgehead atoms. The number of nitrogens with zero attached hydrogens (tertiary/aromatic N) is 3. The second-order valence-corrected chi connectivity index (χ2v) is 5.79. The van der Waals surface area contributed by atoms with Gasteiger partial charge in [-0.05, 0) is 44.5 Å². The highest BCUT2D eigenvalue weighted by Gasteiger charge is 2.27. The van der Waals surface area contributed by atoms with Crippen LogP contribution < -0.4 is 5.32 Å². The summed E-state index contributed by atoms with van der Waals surface area (Å²) in [5.41, 5.74) is 1.25. The zero-order valence-corrected chi connectivity index (χ0v) is 13.4. The number of amides is 1. The van der Waals surface area contributed by atoms with Gasteiger partial charge in [0.05, 0.1) is 0 Å². The summed E-state index contributed by atoms with van der Waals surface area (Å²) in [6, 6.07) is 5.68. The van der Waals surface area contributed by atoms with Crippen LogP contribution in [-0.2, 0) is 0 Å². The van der Waals surface area contributed by atoms with Crippen LogP contribution >= 0.6 is 0 Å². The first-order chi connectivity index (χ1) is 11.3. The second kappa shape index (κ2) is 7.37. The lowest BCUT2D eigenvalue weighted by atomic mass is 10.0. The van der Waals surface area contributed by atoms with Crippen molar-refractivity contribution in [2.24, 2.45) is 0 Å². The molecule has 23 heavy (non-hydrogen) atoms. The van der Waals surface area contributed by atoms with Gasteiger partial charge in [-0.25, -0.2) is 0 Å². The van der Waals surface area contributed by atoms with Crippen LogP contribution in [0.15, 0.2) is 35.1 Å². The molecule has 122 valence electrons. The minimum atomic E-state index is -0.0391. The van der Waals surface area contributed by atoms with E-state index in [-0.39, 0.29) is 11.9 Å². The van der Waals surface area contributed by atoms with Crippen LogP contribution in [0.2, 0.25) is 0 Å². The van der Waals surface area contributed by atoms with Gasteiger partial charge in [0.1, 0.15) is 0 Å². The van der Waals surface area contributed by atoms with Gasteiger partial charge in [0.15, 0.2) is 11.5 Å². The predicted octanol–water partition coefficient (Wildman–Crippen LogP) is 2.34. The maximum atomic E-state index is 12.8. The standard InChI is InChI=1S/C17H22N4O2/c1-2-11-21(14-5-9-19-10-6-14)17(22)15-12-16(23-20-15)13-3-7-18-8-4-13/h3-4,7-8,12,14,19H,2,5-6,9-11H2,1H3. The van der Waals surface area contributed by atoms with E-state index in [2.05, 4.69) is 22.4 Å². The zero-order chi connectivity index (χ0) is 16.1. The summed E-state index contributed by atoms with van der Waals surface area (Å²) in [6.45, 7) is 4.76. The first kappa shape index (κ1) is 15.7. The van der Waals surface area contributed by atoms with E-state index in [1.807, 2.05) is 17.0 Å². The summed E-state index contributed by atoms with van der Waals surface area (Å²) in [6.07, 6.45) is 6.29. The Bertz CT molecular complexity index is 635. The fraction of sp³-hybridized carbons (Fsp3) is 0.471. The molecule has 3 heterocycles. The molecule has 1 fully saturated rings. The Morgan fingerprint density at radius 2 is 2.09 bits per heavy atom. The molecule has 1 amide bonds. The van der Waals surface area contributed by atoms with Gasteiger partial charge in [-0.2, -0.15) is 0 Å².